The van der Waals surface area contributed by atoms with Crippen LogP contribution in [-0.4, -0.2) is 44.2 Å². The molecule has 0 radical (unpaired) electrons. The van der Waals surface area contributed by atoms with Crippen molar-refractivity contribution in [2.75, 3.05) is 38.2 Å². The van der Waals surface area contributed by atoms with Crippen molar-refractivity contribution >= 4 is 11.7 Å². The fourth-order valence-corrected chi connectivity index (χ4v) is 3.45. The van der Waals surface area contributed by atoms with Crippen molar-refractivity contribution in [1.82, 2.24) is 10.2 Å². The summed E-state index contributed by atoms with van der Waals surface area (Å²) in [6.45, 7) is 3.84. The average Bonchev–Trinajstić information content (AvgIpc) is 2.73. The summed E-state index contributed by atoms with van der Waals surface area (Å²) in [7, 11) is 1.61. The van der Waals surface area contributed by atoms with Gasteiger partial charge in [0, 0.05) is 31.9 Å². The lowest BCUT2D eigenvalue weighted by Gasteiger charge is -2.36. The van der Waals surface area contributed by atoms with E-state index in [-0.39, 0.29) is 11.6 Å². The highest BCUT2D eigenvalue weighted by molar-refractivity contribution is 5.75. The Morgan fingerprint density at radius 2 is 1.66 bits per heavy atom. The van der Waals surface area contributed by atoms with Crippen LogP contribution in [0.25, 0.3) is 0 Å². The van der Waals surface area contributed by atoms with E-state index in [2.05, 4.69) is 10.2 Å². The largest absolute Gasteiger partial charge is 0.497 e. The van der Waals surface area contributed by atoms with E-state index in [9.17, 15) is 18.0 Å². The molecule has 0 bridgehead atoms. The van der Waals surface area contributed by atoms with Crippen molar-refractivity contribution in [3.05, 3.63) is 59.7 Å². The molecule has 156 valence electrons. The van der Waals surface area contributed by atoms with Crippen LogP contribution in [0.5, 0.6) is 5.75 Å². The molecule has 5 nitrogen and oxygen atoms in total. The maximum atomic E-state index is 13.2. The number of benzene rings is 2. The Kier molecular flexibility index (Phi) is 6.20. The molecule has 2 amide bonds. The van der Waals surface area contributed by atoms with Crippen LogP contribution in [0.3, 0.4) is 0 Å². The number of halogens is 3. The number of nitrogens with zero attached hydrogens (tertiary/aromatic N) is 2. The third-order valence-corrected chi connectivity index (χ3v) is 5.08. The van der Waals surface area contributed by atoms with Crippen molar-refractivity contribution in [2.45, 2.75) is 19.1 Å². The lowest BCUT2D eigenvalue weighted by Crippen LogP contribution is -2.52. The molecule has 1 atom stereocenters. The number of anilines is 1. The zero-order valence-electron chi connectivity index (χ0n) is 16.4. The van der Waals surface area contributed by atoms with Gasteiger partial charge >= 0.3 is 12.2 Å². The number of rotatable bonds is 4. The van der Waals surface area contributed by atoms with Gasteiger partial charge in [-0.2, -0.15) is 13.2 Å². The molecule has 2 aromatic rings. The van der Waals surface area contributed by atoms with E-state index in [0.717, 1.165) is 17.5 Å². The normalized spacial score (nSPS) is 15.8. The Hall–Kier alpha value is -2.90. The van der Waals surface area contributed by atoms with E-state index in [1.54, 1.807) is 25.0 Å². The zero-order chi connectivity index (χ0) is 21.0. The average molecular weight is 407 g/mol. The summed E-state index contributed by atoms with van der Waals surface area (Å²) in [5.74, 6) is 0.778. The van der Waals surface area contributed by atoms with Gasteiger partial charge in [0.2, 0.25) is 0 Å². The van der Waals surface area contributed by atoms with Gasteiger partial charge in [0.1, 0.15) is 5.75 Å². The smallest absolute Gasteiger partial charge is 0.416 e. The lowest BCUT2D eigenvalue weighted by molar-refractivity contribution is -0.138. The predicted molar refractivity (Wildman–Crippen MR) is 105 cm³/mol. The van der Waals surface area contributed by atoms with Crippen molar-refractivity contribution < 1.29 is 22.7 Å². The molecular formula is C21H24F3N3O2. The maximum absolute atomic E-state index is 13.2. The standard InChI is InChI=1S/C21H24F3N3O2/c1-15(18-5-3-4-6-19(18)21(22,23)24)25-20(28)27-13-11-26(12-14-27)16-7-9-17(29-2)10-8-16/h3-10,15H,11-14H2,1-2H3,(H,25,28). The van der Waals surface area contributed by atoms with Gasteiger partial charge < -0.3 is 19.9 Å². The summed E-state index contributed by atoms with van der Waals surface area (Å²) in [5, 5.41) is 2.70. The maximum Gasteiger partial charge on any atom is 0.416 e. The lowest BCUT2D eigenvalue weighted by atomic mass is 10.0. The molecule has 1 unspecified atom stereocenters. The molecule has 8 heteroatoms. The topological polar surface area (TPSA) is 44.8 Å². The van der Waals surface area contributed by atoms with E-state index in [4.69, 9.17) is 4.74 Å². The van der Waals surface area contributed by atoms with Crippen LogP contribution in [0.2, 0.25) is 0 Å². The van der Waals surface area contributed by atoms with Crippen molar-refractivity contribution in [2.24, 2.45) is 0 Å². The van der Waals surface area contributed by atoms with E-state index in [1.807, 2.05) is 24.3 Å². The summed E-state index contributed by atoms with van der Waals surface area (Å²) >= 11 is 0. The first-order valence-electron chi connectivity index (χ1n) is 9.40. The van der Waals surface area contributed by atoms with Crippen LogP contribution in [0, 0.1) is 0 Å². The third-order valence-electron chi connectivity index (χ3n) is 5.08. The second-order valence-electron chi connectivity index (χ2n) is 6.93. The van der Waals surface area contributed by atoms with Gasteiger partial charge in [0.25, 0.3) is 0 Å². The number of piperazine rings is 1. The van der Waals surface area contributed by atoms with E-state index in [1.165, 1.54) is 12.1 Å². The Balaban J connectivity index is 1.58. The van der Waals surface area contributed by atoms with E-state index >= 15 is 0 Å². The van der Waals surface area contributed by atoms with Crippen LogP contribution in [-0.2, 0) is 6.18 Å². The quantitative estimate of drug-likeness (QED) is 0.822. The van der Waals surface area contributed by atoms with Crippen molar-refractivity contribution in [3.63, 3.8) is 0 Å². The molecule has 0 aliphatic carbocycles. The van der Waals surface area contributed by atoms with Crippen LogP contribution in [0.1, 0.15) is 24.1 Å². The number of methoxy groups -OCH3 is 1. The molecule has 1 N–H and O–H groups in total. The van der Waals surface area contributed by atoms with Crippen LogP contribution in [0.4, 0.5) is 23.7 Å². The molecule has 2 aromatic carbocycles. The Labute approximate surface area is 168 Å². The van der Waals surface area contributed by atoms with Crippen molar-refractivity contribution in [1.29, 1.82) is 0 Å². The number of urea groups is 1. The molecule has 1 aliphatic heterocycles. The Bertz CT molecular complexity index is 832. The number of hydrogen-bond acceptors (Lipinski definition) is 3. The zero-order valence-corrected chi connectivity index (χ0v) is 16.4. The first-order chi connectivity index (χ1) is 13.8. The molecule has 29 heavy (non-hydrogen) atoms. The van der Waals surface area contributed by atoms with Gasteiger partial charge in [-0.05, 0) is 42.8 Å². The minimum atomic E-state index is -4.46. The predicted octanol–water partition coefficient (Wildman–Crippen LogP) is 4.31. The summed E-state index contributed by atoms with van der Waals surface area (Å²) in [4.78, 5) is 16.4. The molecule has 3 rings (SSSR count). The first kappa shape index (κ1) is 20.8. The highest BCUT2D eigenvalue weighted by atomic mass is 19.4. The summed E-state index contributed by atoms with van der Waals surface area (Å²) < 4.78 is 44.8. The van der Waals surface area contributed by atoms with Crippen LogP contribution in [0.15, 0.2) is 48.5 Å². The monoisotopic (exact) mass is 407 g/mol. The number of carbonyl (C=O) groups excluding carboxylic acids is 1. The molecular weight excluding hydrogens is 383 g/mol. The first-order valence-corrected chi connectivity index (χ1v) is 9.40. The minimum absolute atomic E-state index is 0.0604. The van der Waals surface area contributed by atoms with Gasteiger partial charge in [0.15, 0.2) is 0 Å². The van der Waals surface area contributed by atoms with E-state index in [0.29, 0.717) is 26.2 Å². The van der Waals surface area contributed by atoms with Crippen molar-refractivity contribution in [3.8, 4) is 5.75 Å². The number of amides is 2. The van der Waals surface area contributed by atoms with Gasteiger partial charge in [-0.1, -0.05) is 18.2 Å². The highest BCUT2D eigenvalue weighted by Gasteiger charge is 2.34. The highest BCUT2D eigenvalue weighted by Crippen LogP contribution is 2.34. The molecule has 0 aromatic heterocycles. The van der Waals surface area contributed by atoms with Gasteiger partial charge in [-0.3, -0.25) is 0 Å². The number of carbonyl (C=O) groups is 1. The van der Waals surface area contributed by atoms with Gasteiger partial charge in [-0.15, -0.1) is 0 Å². The van der Waals surface area contributed by atoms with Crippen LogP contribution >= 0.6 is 0 Å². The Morgan fingerprint density at radius 1 is 1.03 bits per heavy atom. The number of nitrogens with one attached hydrogen (secondary N) is 1. The fraction of sp³-hybridized carbons (Fsp3) is 0.381. The molecule has 1 heterocycles. The molecule has 1 saturated heterocycles. The molecule has 0 spiro atoms. The fourth-order valence-electron chi connectivity index (χ4n) is 3.45. The summed E-state index contributed by atoms with van der Waals surface area (Å²) in [6.07, 6.45) is -4.46. The molecule has 0 saturated carbocycles. The second-order valence-corrected chi connectivity index (χ2v) is 6.93. The summed E-state index contributed by atoms with van der Waals surface area (Å²) in [5.41, 5.74) is 0.376. The second kappa shape index (κ2) is 8.63. The van der Waals surface area contributed by atoms with E-state index < -0.39 is 17.8 Å². The number of alkyl halides is 3. The summed E-state index contributed by atoms with van der Waals surface area (Å²) in [6, 6.07) is 11.9. The molecule has 1 fully saturated rings. The number of ether oxygens (including phenoxy) is 1. The van der Waals surface area contributed by atoms with Crippen LogP contribution < -0.4 is 15.0 Å². The SMILES string of the molecule is COc1ccc(N2CCN(C(=O)NC(C)c3ccccc3C(F)(F)F)CC2)cc1. The van der Waals surface area contributed by atoms with Gasteiger partial charge in [0.05, 0.1) is 18.7 Å². The van der Waals surface area contributed by atoms with Gasteiger partial charge in [-0.25, -0.2) is 4.79 Å². The Morgan fingerprint density at radius 3 is 2.24 bits per heavy atom. The minimum Gasteiger partial charge on any atom is -0.497 e. The number of hydrogen-bond donors (Lipinski definition) is 1. The molecule has 1 aliphatic rings. The third kappa shape index (κ3) is 4.93.